The summed E-state index contributed by atoms with van der Waals surface area (Å²) in [6, 6.07) is 12.3. The Kier molecular flexibility index (Phi) is 8.73. The van der Waals surface area contributed by atoms with Gasteiger partial charge in [0.25, 0.3) is 0 Å². The third-order valence-electron chi connectivity index (χ3n) is 5.65. The number of nitrogens with zero attached hydrogens (tertiary/aromatic N) is 1. The van der Waals surface area contributed by atoms with Crippen LogP contribution in [-0.2, 0) is 16.1 Å². The summed E-state index contributed by atoms with van der Waals surface area (Å²) in [5.74, 6) is -1.50. The molecule has 2 amide bonds. The third kappa shape index (κ3) is 6.44. The molecule has 1 aliphatic rings. The van der Waals surface area contributed by atoms with Crippen molar-refractivity contribution in [1.82, 2.24) is 10.2 Å². The SMILES string of the molecule is O=C(NC1CCCCCC1)[C@H](c1ccc(F)cc1Cl)N(Cc1ccccc1)C(=O)CCl. The van der Waals surface area contributed by atoms with Crippen LogP contribution in [0, 0.1) is 5.82 Å². The van der Waals surface area contributed by atoms with Gasteiger partial charge in [-0.1, -0.05) is 73.7 Å². The summed E-state index contributed by atoms with van der Waals surface area (Å²) in [6.07, 6.45) is 6.23. The van der Waals surface area contributed by atoms with Crippen molar-refractivity contribution >= 4 is 35.0 Å². The van der Waals surface area contributed by atoms with E-state index in [4.69, 9.17) is 23.2 Å². The fourth-order valence-electron chi connectivity index (χ4n) is 4.06. The lowest BCUT2D eigenvalue weighted by molar-refractivity contribution is -0.140. The van der Waals surface area contributed by atoms with E-state index in [2.05, 4.69) is 5.32 Å². The van der Waals surface area contributed by atoms with Crippen LogP contribution in [0.2, 0.25) is 5.02 Å². The second-order valence-electron chi connectivity index (χ2n) is 7.91. The van der Waals surface area contributed by atoms with Gasteiger partial charge in [-0.15, -0.1) is 11.6 Å². The summed E-state index contributed by atoms with van der Waals surface area (Å²) in [5.41, 5.74) is 1.23. The first-order valence-electron chi connectivity index (χ1n) is 10.6. The minimum atomic E-state index is -1.01. The topological polar surface area (TPSA) is 49.4 Å². The quantitative estimate of drug-likeness (QED) is 0.426. The van der Waals surface area contributed by atoms with E-state index in [0.717, 1.165) is 50.2 Å². The zero-order valence-corrected chi connectivity index (χ0v) is 18.8. The van der Waals surface area contributed by atoms with Crippen LogP contribution in [0.15, 0.2) is 48.5 Å². The lowest BCUT2D eigenvalue weighted by Gasteiger charge is -2.33. The average Bonchev–Trinajstić information content (AvgIpc) is 3.03. The van der Waals surface area contributed by atoms with Crippen molar-refractivity contribution in [3.63, 3.8) is 0 Å². The number of carbonyl (C=O) groups is 2. The van der Waals surface area contributed by atoms with Crippen LogP contribution < -0.4 is 5.32 Å². The monoisotopic (exact) mass is 464 g/mol. The largest absolute Gasteiger partial charge is 0.351 e. The fourth-order valence-corrected chi connectivity index (χ4v) is 4.48. The smallest absolute Gasteiger partial charge is 0.247 e. The molecule has 0 unspecified atom stereocenters. The van der Waals surface area contributed by atoms with Gasteiger partial charge < -0.3 is 10.2 Å². The predicted octanol–water partition coefficient (Wildman–Crippen LogP) is 5.63. The number of halogens is 3. The highest BCUT2D eigenvalue weighted by molar-refractivity contribution is 6.31. The molecule has 0 saturated heterocycles. The molecule has 1 atom stereocenters. The van der Waals surface area contributed by atoms with E-state index in [-0.39, 0.29) is 29.4 Å². The molecule has 1 aliphatic carbocycles. The van der Waals surface area contributed by atoms with E-state index in [1.54, 1.807) is 0 Å². The molecule has 0 aromatic heterocycles. The molecule has 3 rings (SSSR count). The number of nitrogens with one attached hydrogen (secondary N) is 1. The number of hydrogen-bond donors (Lipinski definition) is 1. The van der Waals surface area contributed by atoms with Gasteiger partial charge in [0.1, 0.15) is 17.7 Å². The summed E-state index contributed by atoms with van der Waals surface area (Å²) >= 11 is 12.3. The van der Waals surface area contributed by atoms with Gasteiger partial charge in [0.15, 0.2) is 0 Å². The molecule has 2 aromatic carbocycles. The summed E-state index contributed by atoms with van der Waals surface area (Å²) in [7, 11) is 0. The number of benzene rings is 2. The molecule has 0 spiro atoms. The first-order chi connectivity index (χ1) is 15.0. The zero-order valence-electron chi connectivity index (χ0n) is 17.3. The summed E-state index contributed by atoms with van der Waals surface area (Å²) in [5, 5.41) is 3.21. The Hall–Kier alpha value is -2.11. The highest BCUT2D eigenvalue weighted by Gasteiger charge is 2.34. The molecule has 7 heteroatoms. The number of carbonyl (C=O) groups excluding carboxylic acids is 2. The van der Waals surface area contributed by atoms with Gasteiger partial charge in [0.05, 0.1) is 0 Å². The van der Waals surface area contributed by atoms with E-state index >= 15 is 0 Å². The zero-order chi connectivity index (χ0) is 22.2. The first kappa shape index (κ1) is 23.6. The molecule has 2 aromatic rings. The van der Waals surface area contributed by atoms with E-state index in [0.29, 0.717) is 5.56 Å². The Morgan fingerprint density at radius 3 is 2.35 bits per heavy atom. The Bertz CT molecular complexity index is 886. The Balaban J connectivity index is 1.97. The predicted molar refractivity (Wildman–Crippen MR) is 121 cm³/mol. The molecule has 1 fully saturated rings. The average molecular weight is 465 g/mol. The van der Waals surface area contributed by atoms with Crippen LogP contribution >= 0.6 is 23.2 Å². The van der Waals surface area contributed by atoms with Crippen LogP contribution in [-0.4, -0.2) is 28.6 Å². The molecular weight excluding hydrogens is 438 g/mol. The van der Waals surface area contributed by atoms with Gasteiger partial charge in [-0.05, 0) is 30.5 Å². The Labute approximate surface area is 192 Å². The van der Waals surface area contributed by atoms with Crippen molar-refractivity contribution in [3.8, 4) is 0 Å². The molecule has 1 N–H and O–H groups in total. The molecule has 1 saturated carbocycles. The van der Waals surface area contributed by atoms with Crippen molar-refractivity contribution in [2.24, 2.45) is 0 Å². The van der Waals surface area contributed by atoms with Gasteiger partial charge in [-0.25, -0.2) is 4.39 Å². The lowest BCUT2D eigenvalue weighted by Crippen LogP contribution is -2.46. The van der Waals surface area contributed by atoms with Crippen LogP contribution in [0.4, 0.5) is 4.39 Å². The van der Waals surface area contributed by atoms with Gasteiger partial charge in [-0.3, -0.25) is 9.59 Å². The minimum absolute atomic E-state index is 0.0430. The van der Waals surface area contributed by atoms with Crippen molar-refractivity contribution in [2.75, 3.05) is 5.88 Å². The number of hydrogen-bond acceptors (Lipinski definition) is 2. The van der Waals surface area contributed by atoms with Crippen molar-refractivity contribution in [3.05, 3.63) is 70.5 Å². The first-order valence-corrected chi connectivity index (χ1v) is 11.6. The normalized spacial score (nSPS) is 15.7. The Morgan fingerprint density at radius 2 is 1.74 bits per heavy atom. The van der Waals surface area contributed by atoms with Gasteiger partial charge in [-0.2, -0.15) is 0 Å². The second-order valence-corrected chi connectivity index (χ2v) is 8.58. The summed E-state index contributed by atoms with van der Waals surface area (Å²) in [6.45, 7) is 0.183. The van der Waals surface area contributed by atoms with Gasteiger partial charge in [0, 0.05) is 23.2 Å². The minimum Gasteiger partial charge on any atom is -0.351 e. The summed E-state index contributed by atoms with van der Waals surface area (Å²) < 4.78 is 13.7. The van der Waals surface area contributed by atoms with Gasteiger partial charge in [0.2, 0.25) is 11.8 Å². The maximum absolute atomic E-state index is 13.7. The second kappa shape index (κ2) is 11.5. The maximum atomic E-state index is 13.7. The van der Waals surface area contributed by atoms with Crippen molar-refractivity contribution in [2.45, 2.75) is 57.2 Å². The molecule has 0 radical (unpaired) electrons. The van der Waals surface area contributed by atoms with Crippen LogP contribution in [0.3, 0.4) is 0 Å². The molecule has 0 bridgehead atoms. The molecule has 0 aliphatic heterocycles. The highest BCUT2D eigenvalue weighted by Crippen LogP contribution is 2.31. The van der Waals surface area contributed by atoms with Crippen LogP contribution in [0.5, 0.6) is 0 Å². The molecule has 166 valence electrons. The number of alkyl halides is 1. The summed E-state index contributed by atoms with van der Waals surface area (Å²) in [4.78, 5) is 27.8. The van der Waals surface area contributed by atoms with E-state index < -0.39 is 17.8 Å². The number of rotatable bonds is 7. The van der Waals surface area contributed by atoms with Crippen molar-refractivity contribution < 1.29 is 14.0 Å². The van der Waals surface area contributed by atoms with E-state index in [9.17, 15) is 14.0 Å². The Morgan fingerprint density at radius 1 is 1.06 bits per heavy atom. The fraction of sp³-hybridized carbons (Fsp3) is 0.417. The molecule has 4 nitrogen and oxygen atoms in total. The lowest BCUT2D eigenvalue weighted by atomic mass is 10.0. The van der Waals surface area contributed by atoms with E-state index in [1.165, 1.54) is 17.0 Å². The van der Waals surface area contributed by atoms with Crippen LogP contribution in [0.25, 0.3) is 0 Å². The maximum Gasteiger partial charge on any atom is 0.247 e. The molecule has 31 heavy (non-hydrogen) atoms. The molecular formula is C24H27Cl2FN2O2. The third-order valence-corrected chi connectivity index (χ3v) is 6.21. The highest BCUT2D eigenvalue weighted by atomic mass is 35.5. The number of amides is 2. The molecule has 0 heterocycles. The van der Waals surface area contributed by atoms with Crippen molar-refractivity contribution in [1.29, 1.82) is 0 Å². The van der Waals surface area contributed by atoms with Gasteiger partial charge >= 0.3 is 0 Å². The standard InChI is InChI=1S/C24H27Cl2FN2O2/c25-15-22(30)29(16-17-8-4-3-5-9-17)23(20-13-12-18(27)14-21(20)26)24(31)28-19-10-6-1-2-7-11-19/h3-5,8-9,12-14,19,23H,1-2,6-7,10-11,15-16H2,(H,28,31)/t23-/m0/s1. The van der Waals surface area contributed by atoms with Crippen LogP contribution in [0.1, 0.15) is 55.7 Å². The van der Waals surface area contributed by atoms with E-state index in [1.807, 2.05) is 30.3 Å².